The number of rotatable bonds is 2. The Hall–Kier alpha value is -2.48. The van der Waals surface area contributed by atoms with Crippen molar-refractivity contribution in [1.29, 1.82) is 0 Å². The summed E-state index contributed by atoms with van der Waals surface area (Å²) in [7, 11) is 0. The fraction of sp³-hybridized carbons (Fsp3) is 0.600. The van der Waals surface area contributed by atoms with E-state index in [4.69, 9.17) is 9.47 Å². The maximum atomic E-state index is 13.2. The number of hydrogen-bond donors (Lipinski definition) is 3. The van der Waals surface area contributed by atoms with Gasteiger partial charge in [-0.3, -0.25) is 4.79 Å². The summed E-state index contributed by atoms with van der Waals surface area (Å²) in [5.74, 6) is -2.42. The molecular weight excluding hydrogens is 472 g/mol. The van der Waals surface area contributed by atoms with Crippen LogP contribution in [0.3, 0.4) is 0 Å². The molecule has 0 aromatic heterocycles. The third kappa shape index (κ3) is 5.84. The van der Waals surface area contributed by atoms with E-state index in [9.17, 15) is 24.9 Å². The molecule has 7 nitrogen and oxygen atoms in total. The Balaban J connectivity index is 1.66. The van der Waals surface area contributed by atoms with E-state index in [1.165, 1.54) is 0 Å². The molecule has 0 radical (unpaired) electrons. The van der Waals surface area contributed by atoms with Crippen molar-refractivity contribution in [3.05, 3.63) is 58.7 Å². The van der Waals surface area contributed by atoms with Gasteiger partial charge in [-0.1, -0.05) is 35.5 Å². The first kappa shape index (κ1) is 27.6. The molecule has 4 aliphatic rings. The monoisotopic (exact) mass is 512 g/mol. The average molecular weight is 513 g/mol. The molecule has 0 aromatic carbocycles. The molecule has 0 saturated carbocycles. The van der Waals surface area contributed by atoms with E-state index in [1.54, 1.807) is 18.2 Å². The minimum absolute atomic E-state index is 0.0218. The van der Waals surface area contributed by atoms with E-state index in [2.05, 4.69) is 6.58 Å². The summed E-state index contributed by atoms with van der Waals surface area (Å²) >= 11 is 0. The first-order valence-electron chi connectivity index (χ1n) is 13.3. The lowest BCUT2D eigenvalue weighted by Crippen LogP contribution is -2.33. The molecule has 2 fully saturated rings. The van der Waals surface area contributed by atoms with Crippen LogP contribution in [-0.2, 0) is 19.1 Å². The molecule has 37 heavy (non-hydrogen) atoms. The second-order valence-corrected chi connectivity index (χ2v) is 11.4. The Kier molecular flexibility index (Phi) is 8.26. The van der Waals surface area contributed by atoms with Crippen molar-refractivity contribution in [3.63, 3.8) is 0 Å². The predicted molar refractivity (Wildman–Crippen MR) is 139 cm³/mol. The Morgan fingerprint density at radius 3 is 2.16 bits per heavy atom. The van der Waals surface area contributed by atoms with Crippen molar-refractivity contribution in [2.75, 3.05) is 0 Å². The van der Waals surface area contributed by atoms with Crippen LogP contribution in [0, 0.1) is 23.7 Å². The predicted octanol–water partition coefficient (Wildman–Crippen LogP) is 3.70. The van der Waals surface area contributed by atoms with E-state index >= 15 is 0 Å². The maximum Gasteiger partial charge on any atom is 0.334 e. The molecular formula is C30H40O7. The SMILES string of the molecule is C=C1C(=O)O[C@H]2/C=C(/C)[C@@H](C[C@H]3C(=O)O[C@H]4/C=C(/C)[C@@H](O)CC/C(C)=C\[C@@H](O)[C@@H]43)CC/C(C)=C\[C@H](O)[C@H]12. The minimum Gasteiger partial charge on any atom is -0.457 e. The van der Waals surface area contributed by atoms with Crippen LogP contribution in [0.1, 0.15) is 59.8 Å². The van der Waals surface area contributed by atoms with E-state index in [1.807, 2.05) is 33.8 Å². The number of aliphatic hydroxyl groups excluding tert-OH is 3. The van der Waals surface area contributed by atoms with Crippen LogP contribution >= 0.6 is 0 Å². The summed E-state index contributed by atoms with van der Waals surface area (Å²) in [6.45, 7) is 11.5. The molecule has 202 valence electrons. The van der Waals surface area contributed by atoms with Gasteiger partial charge in [-0.2, -0.15) is 0 Å². The van der Waals surface area contributed by atoms with Crippen molar-refractivity contribution in [2.24, 2.45) is 23.7 Å². The molecule has 0 bridgehead atoms. The van der Waals surface area contributed by atoms with Gasteiger partial charge in [-0.05, 0) is 83.4 Å². The van der Waals surface area contributed by atoms with Crippen LogP contribution in [-0.4, -0.2) is 57.8 Å². The molecule has 0 amide bonds. The molecule has 0 spiro atoms. The number of hydrogen-bond acceptors (Lipinski definition) is 7. The second-order valence-electron chi connectivity index (χ2n) is 11.4. The van der Waals surface area contributed by atoms with Crippen LogP contribution in [0.5, 0.6) is 0 Å². The molecule has 9 atom stereocenters. The van der Waals surface area contributed by atoms with Crippen LogP contribution in [0.2, 0.25) is 0 Å². The smallest absolute Gasteiger partial charge is 0.334 e. The average Bonchev–Trinajstić information content (AvgIpc) is 3.27. The van der Waals surface area contributed by atoms with Crippen molar-refractivity contribution in [1.82, 2.24) is 0 Å². The van der Waals surface area contributed by atoms with Gasteiger partial charge < -0.3 is 24.8 Å². The lowest BCUT2D eigenvalue weighted by molar-refractivity contribution is -0.143. The number of carbonyl (C=O) groups is 2. The standard InChI is InChI=1S/C30H40O7/c1-15-6-8-20(17(3)12-25-27(23(32)10-15)19(5)29(34)36-25)14-21-28-24(33)11-16(2)7-9-22(31)18(4)13-26(28)37-30(21)35/h10-13,20-28,31-33H,5-9,14H2,1-4H3/b15-10-,16-11-,17-12-,18-13-/t20-,21-,22+,23+,24-,25+,26+,27+,28+/m1/s1. The maximum absolute atomic E-state index is 13.2. The lowest BCUT2D eigenvalue weighted by atomic mass is 9.75. The lowest BCUT2D eigenvalue weighted by Gasteiger charge is -2.29. The first-order chi connectivity index (χ1) is 17.5. The van der Waals surface area contributed by atoms with Crippen LogP contribution in [0.15, 0.2) is 58.7 Å². The molecule has 0 unspecified atom stereocenters. The summed E-state index contributed by atoms with van der Waals surface area (Å²) in [6, 6.07) is 0. The minimum atomic E-state index is -0.867. The number of ether oxygens (including phenoxy) is 2. The van der Waals surface area contributed by atoms with Crippen molar-refractivity contribution < 1.29 is 34.4 Å². The zero-order valence-electron chi connectivity index (χ0n) is 22.2. The molecule has 0 aromatic rings. The topological polar surface area (TPSA) is 113 Å². The van der Waals surface area contributed by atoms with Gasteiger partial charge in [0.15, 0.2) is 0 Å². The Bertz CT molecular complexity index is 1060. The van der Waals surface area contributed by atoms with E-state index < -0.39 is 54.2 Å². The largest absolute Gasteiger partial charge is 0.457 e. The Labute approximate surface area is 219 Å². The van der Waals surface area contributed by atoms with Crippen molar-refractivity contribution in [2.45, 2.75) is 90.3 Å². The van der Waals surface area contributed by atoms with E-state index in [0.717, 1.165) is 28.7 Å². The number of aliphatic hydroxyl groups is 3. The normalized spacial score (nSPS) is 44.9. The second kappa shape index (κ2) is 11.1. The quantitative estimate of drug-likeness (QED) is 0.294. The molecule has 2 heterocycles. The third-order valence-electron chi connectivity index (χ3n) is 8.60. The van der Waals surface area contributed by atoms with Gasteiger partial charge in [0.2, 0.25) is 0 Å². The van der Waals surface area contributed by atoms with Crippen LogP contribution in [0.4, 0.5) is 0 Å². The Morgan fingerprint density at radius 1 is 0.838 bits per heavy atom. The summed E-state index contributed by atoms with van der Waals surface area (Å²) in [6.07, 6.45) is 6.81. The third-order valence-corrected chi connectivity index (χ3v) is 8.60. The zero-order chi connectivity index (χ0) is 27.0. The molecule has 4 rings (SSSR count). The highest BCUT2D eigenvalue weighted by molar-refractivity contribution is 5.91. The highest BCUT2D eigenvalue weighted by Gasteiger charge is 2.48. The number of carbonyl (C=O) groups excluding carboxylic acids is 2. The molecule has 7 heteroatoms. The van der Waals surface area contributed by atoms with Gasteiger partial charge >= 0.3 is 11.9 Å². The van der Waals surface area contributed by atoms with Gasteiger partial charge in [-0.25, -0.2) is 4.79 Å². The molecule has 2 aliphatic heterocycles. The number of fused-ring (bicyclic) bond motifs is 2. The molecule has 3 N–H and O–H groups in total. The number of allylic oxidation sites excluding steroid dienone is 3. The molecule has 2 saturated heterocycles. The fourth-order valence-electron chi connectivity index (χ4n) is 6.22. The van der Waals surface area contributed by atoms with Gasteiger partial charge in [0, 0.05) is 11.5 Å². The summed E-state index contributed by atoms with van der Waals surface area (Å²) < 4.78 is 11.3. The van der Waals surface area contributed by atoms with E-state index in [0.29, 0.717) is 25.7 Å². The zero-order valence-corrected chi connectivity index (χ0v) is 22.2. The van der Waals surface area contributed by atoms with Gasteiger partial charge in [-0.15, -0.1) is 0 Å². The summed E-state index contributed by atoms with van der Waals surface area (Å²) in [5.41, 5.74) is 3.95. The summed E-state index contributed by atoms with van der Waals surface area (Å²) in [5, 5.41) is 32.5. The molecule has 2 aliphatic carbocycles. The number of esters is 2. The van der Waals surface area contributed by atoms with Gasteiger partial charge in [0.25, 0.3) is 0 Å². The van der Waals surface area contributed by atoms with Crippen molar-refractivity contribution >= 4 is 11.9 Å². The van der Waals surface area contributed by atoms with Gasteiger partial charge in [0.1, 0.15) is 12.2 Å². The Morgan fingerprint density at radius 2 is 1.46 bits per heavy atom. The fourth-order valence-corrected chi connectivity index (χ4v) is 6.22. The highest BCUT2D eigenvalue weighted by Crippen LogP contribution is 2.42. The van der Waals surface area contributed by atoms with Gasteiger partial charge in [0.05, 0.1) is 30.1 Å². The first-order valence-corrected chi connectivity index (χ1v) is 13.3. The highest BCUT2D eigenvalue weighted by atomic mass is 16.6. The van der Waals surface area contributed by atoms with Crippen molar-refractivity contribution in [3.8, 4) is 0 Å². The van der Waals surface area contributed by atoms with E-state index in [-0.39, 0.29) is 17.5 Å². The van der Waals surface area contributed by atoms with Crippen LogP contribution < -0.4 is 0 Å². The van der Waals surface area contributed by atoms with Crippen LogP contribution in [0.25, 0.3) is 0 Å². The summed E-state index contributed by atoms with van der Waals surface area (Å²) in [4.78, 5) is 25.5.